The highest BCUT2D eigenvalue weighted by atomic mass is 19.4. The van der Waals surface area contributed by atoms with E-state index in [1.165, 1.54) is 12.1 Å². The average Bonchev–Trinajstić information content (AvgIpc) is 2.44. The largest absolute Gasteiger partial charge is 0.416 e. The number of halogens is 3. The van der Waals surface area contributed by atoms with Gasteiger partial charge in [0.1, 0.15) is 13.2 Å². The number of ether oxygens (including phenoxy) is 1. The number of hydrogen-bond donors (Lipinski definition) is 2. The molecule has 5 nitrogen and oxygen atoms in total. The van der Waals surface area contributed by atoms with Crippen molar-refractivity contribution in [3.05, 3.63) is 29.8 Å². The monoisotopic (exact) mass is 318 g/mol. The molecule has 1 rings (SSSR count). The van der Waals surface area contributed by atoms with Crippen LogP contribution in [0.4, 0.5) is 18.9 Å². The SMILES string of the molecule is CCCNC(=O)COCC(=O)Nc1cccc(C(F)(F)F)c1. The van der Waals surface area contributed by atoms with E-state index in [0.29, 0.717) is 6.54 Å². The molecule has 0 aliphatic carbocycles. The Bertz CT molecular complexity index is 518. The quantitative estimate of drug-likeness (QED) is 0.810. The number of benzene rings is 1. The molecular formula is C14H17F3N2O3. The van der Waals surface area contributed by atoms with Crippen LogP contribution >= 0.6 is 0 Å². The first-order valence-corrected chi connectivity index (χ1v) is 6.64. The van der Waals surface area contributed by atoms with Gasteiger partial charge in [-0.05, 0) is 24.6 Å². The maximum atomic E-state index is 12.5. The molecule has 0 unspecified atom stereocenters. The minimum atomic E-state index is -4.48. The predicted octanol–water partition coefficient (Wildman–Crippen LogP) is 2.19. The van der Waals surface area contributed by atoms with E-state index in [1.807, 2.05) is 6.92 Å². The zero-order valence-electron chi connectivity index (χ0n) is 12.0. The van der Waals surface area contributed by atoms with Crippen molar-refractivity contribution in [2.75, 3.05) is 25.1 Å². The van der Waals surface area contributed by atoms with Crippen molar-refractivity contribution in [2.45, 2.75) is 19.5 Å². The van der Waals surface area contributed by atoms with Crippen LogP contribution in [-0.4, -0.2) is 31.6 Å². The molecule has 0 atom stereocenters. The highest BCUT2D eigenvalue weighted by Gasteiger charge is 2.30. The number of anilines is 1. The summed E-state index contributed by atoms with van der Waals surface area (Å²) in [5, 5.41) is 4.83. The minimum absolute atomic E-state index is 0.0128. The number of carbonyl (C=O) groups is 2. The van der Waals surface area contributed by atoms with Crippen LogP contribution in [0.25, 0.3) is 0 Å². The lowest BCUT2D eigenvalue weighted by atomic mass is 10.2. The van der Waals surface area contributed by atoms with Gasteiger partial charge in [0.25, 0.3) is 0 Å². The molecule has 8 heteroatoms. The zero-order chi connectivity index (χ0) is 16.6. The molecule has 0 aliphatic rings. The fourth-order valence-corrected chi connectivity index (χ4v) is 1.52. The number of alkyl halides is 3. The van der Waals surface area contributed by atoms with E-state index in [4.69, 9.17) is 4.74 Å². The van der Waals surface area contributed by atoms with Gasteiger partial charge < -0.3 is 15.4 Å². The van der Waals surface area contributed by atoms with Crippen LogP contribution in [0.3, 0.4) is 0 Å². The second kappa shape index (κ2) is 8.38. The summed E-state index contributed by atoms with van der Waals surface area (Å²) in [4.78, 5) is 22.7. The summed E-state index contributed by atoms with van der Waals surface area (Å²) in [5.74, 6) is -0.990. The highest BCUT2D eigenvalue weighted by Crippen LogP contribution is 2.30. The van der Waals surface area contributed by atoms with Crippen LogP contribution in [0.5, 0.6) is 0 Å². The first kappa shape index (κ1) is 18.0. The molecule has 0 radical (unpaired) electrons. The number of carbonyl (C=O) groups excluding carboxylic acids is 2. The zero-order valence-corrected chi connectivity index (χ0v) is 12.0. The molecule has 0 saturated carbocycles. The Morgan fingerprint density at radius 1 is 1.18 bits per heavy atom. The summed E-state index contributed by atoms with van der Waals surface area (Å²) < 4.78 is 42.4. The maximum Gasteiger partial charge on any atom is 0.416 e. The van der Waals surface area contributed by atoms with E-state index in [0.717, 1.165) is 18.6 Å². The molecule has 122 valence electrons. The summed E-state index contributed by atoms with van der Waals surface area (Å²) in [6.07, 6.45) is -3.70. The van der Waals surface area contributed by atoms with Gasteiger partial charge in [0.15, 0.2) is 0 Å². The Balaban J connectivity index is 2.41. The van der Waals surface area contributed by atoms with Crippen LogP contribution in [0.1, 0.15) is 18.9 Å². The molecule has 1 aromatic carbocycles. The Hall–Kier alpha value is -2.09. The average molecular weight is 318 g/mol. The van der Waals surface area contributed by atoms with Crippen molar-refractivity contribution in [3.8, 4) is 0 Å². The molecule has 0 spiro atoms. The predicted molar refractivity (Wildman–Crippen MR) is 74.2 cm³/mol. The molecule has 0 saturated heterocycles. The van der Waals surface area contributed by atoms with E-state index in [2.05, 4.69) is 10.6 Å². The molecule has 2 N–H and O–H groups in total. The molecule has 0 heterocycles. The number of amides is 2. The Labute approximate surface area is 125 Å². The van der Waals surface area contributed by atoms with Crippen molar-refractivity contribution >= 4 is 17.5 Å². The fraction of sp³-hybridized carbons (Fsp3) is 0.429. The summed E-state index contributed by atoms with van der Waals surface area (Å²) in [6.45, 7) is 1.70. The van der Waals surface area contributed by atoms with Crippen LogP contribution < -0.4 is 10.6 Å². The molecule has 0 bridgehead atoms. The Morgan fingerprint density at radius 2 is 1.86 bits per heavy atom. The molecule has 0 fully saturated rings. The summed E-state index contributed by atoms with van der Waals surface area (Å²) in [6, 6.07) is 4.26. The third-order valence-corrected chi connectivity index (χ3v) is 2.51. The van der Waals surface area contributed by atoms with Gasteiger partial charge in [-0.2, -0.15) is 13.2 Å². The van der Waals surface area contributed by atoms with E-state index < -0.39 is 24.3 Å². The molecule has 0 aliphatic heterocycles. The Morgan fingerprint density at radius 3 is 2.50 bits per heavy atom. The lowest BCUT2D eigenvalue weighted by molar-refractivity contribution is -0.137. The van der Waals surface area contributed by atoms with Gasteiger partial charge in [0.2, 0.25) is 11.8 Å². The van der Waals surface area contributed by atoms with E-state index >= 15 is 0 Å². The first-order valence-electron chi connectivity index (χ1n) is 6.64. The first-order chi connectivity index (χ1) is 10.3. The van der Waals surface area contributed by atoms with Crippen LogP contribution in [-0.2, 0) is 20.5 Å². The van der Waals surface area contributed by atoms with Crippen LogP contribution in [0.15, 0.2) is 24.3 Å². The summed E-state index contributed by atoms with van der Waals surface area (Å²) in [7, 11) is 0. The van der Waals surface area contributed by atoms with Crippen LogP contribution in [0, 0.1) is 0 Å². The van der Waals surface area contributed by atoms with Gasteiger partial charge in [-0.3, -0.25) is 9.59 Å². The minimum Gasteiger partial charge on any atom is -0.362 e. The molecule has 2 amide bonds. The molecular weight excluding hydrogens is 301 g/mol. The molecule has 22 heavy (non-hydrogen) atoms. The second-order valence-corrected chi connectivity index (χ2v) is 4.47. The van der Waals surface area contributed by atoms with Crippen molar-refractivity contribution < 1.29 is 27.5 Å². The second-order valence-electron chi connectivity index (χ2n) is 4.47. The summed E-state index contributed by atoms with van der Waals surface area (Å²) in [5.41, 5.74) is -0.843. The van der Waals surface area contributed by atoms with Gasteiger partial charge in [0, 0.05) is 12.2 Å². The summed E-state index contributed by atoms with van der Waals surface area (Å²) >= 11 is 0. The highest BCUT2D eigenvalue weighted by molar-refractivity contribution is 5.92. The maximum absolute atomic E-state index is 12.5. The van der Waals surface area contributed by atoms with Gasteiger partial charge >= 0.3 is 6.18 Å². The normalized spacial score (nSPS) is 11.1. The van der Waals surface area contributed by atoms with Gasteiger partial charge in [-0.25, -0.2) is 0 Å². The number of rotatable bonds is 7. The van der Waals surface area contributed by atoms with Crippen molar-refractivity contribution in [2.24, 2.45) is 0 Å². The van der Waals surface area contributed by atoms with Crippen molar-refractivity contribution in [1.29, 1.82) is 0 Å². The fourth-order valence-electron chi connectivity index (χ4n) is 1.52. The van der Waals surface area contributed by atoms with Crippen molar-refractivity contribution in [3.63, 3.8) is 0 Å². The lowest BCUT2D eigenvalue weighted by Crippen LogP contribution is -2.30. The van der Waals surface area contributed by atoms with Crippen LogP contribution in [0.2, 0.25) is 0 Å². The molecule has 0 aromatic heterocycles. The Kier molecular flexibility index (Phi) is 6.84. The smallest absolute Gasteiger partial charge is 0.362 e. The van der Waals surface area contributed by atoms with Gasteiger partial charge in [-0.1, -0.05) is 13.0 Å². The standard InChI is InChI=1S/C14H17F3N2O3/c1-2-6-18-12(20)8-22-9-13(21)19-11-5-3-4-10(7-11)14(15,16)17/h3-5,7H,2,6,8-9H2,1H3,(H,18,20)(H,19,21). The number of nitrogens with one attached hydrogen (secondary N) is 2. The third kappa shape index (κ3) is 6.57. The lowest BCUT2D eigenvalue weighted by Gasteiger charge is -2.10. The van der Waals surface area contributed by atoms with Gasteiger partial charge in [-0.15, -0.1) is 0 Å². The van der Waals surface area contributed by atoms with E-state index in [1.54, 1.807) is 0 Å². The van der Waals surface area contributed by atoms with E-state index in [9.17, 15) is 22.8 Å². The molecule has 1 aromatic rings. The number of hydrogen-bond acceptors (Lipinski definition) is 3. The van der Waals surface area contributed by atoms with E-state index in [-0.39, 0.29) is 18.2 Å². The third-order valence-electron chi connectivity index (χ3n) is 2.51. The topological polar surface area (TPSA) is 67.4 Å². The van der Waals surface area contributed by atoms with Crippen molar-refractivity contribution in [1.82, 2.24) is 5.32 Å². The van der Waals surface area contributed by atoms with Gasteiger partial charge in [0.05, 0.1) is 5.56 Å².